The lowest BCUT2D eigenvalue weighted by atomic mass is 9.34. The smallest absolute Gasteiger partial charge is 0.248 e. The lowest BCUT2D eigenvalue weighted by molar-refractivity contribution is 0.444. The maximum Gasteiger partial charge on any atom is 0.248 e. The molecule has 0 spiro atoms. The zero-order valence-electron chi connectivity index (χ0n) is 31.6. The van der Waals surface area contributed by atoms with Crippen LogP contribution in [0.5, 0.6) is 0 Å². The Morgan fingerprint density at radius 2 is 0.982 bits per heavy atom. The summed E-state index contributed by atoms with van der Waals surface area (Å²) in [6, 6.07) is 56.3. The Morgan fingerprint density at radius 3 is 1.53 bits per heavy atom. The molecule has 0 atom stereocenters. The van der Waals surface area contributed by atoms with E-state index in [4.69, 9.17) is 0 Å². The van der Waals surface area contributed by atoms with E-state index in [0.717, 1.165) is 0 Å². The molecule has 4 heterocycles. The summed E-state index contributed by atoms with van der Waals surface area (Å²) in [6.07, 6.45) is 6.70. The fourth-order valence-electron chi connectivity index (χ4n) is 11.1. The molecule has 262 valence electrons. The van der Waals surface area contributed by atoms with Gasteiger partial charge in [-0.25, -0.2) is 0 Å². The van der Waals surface area contributed by atoms with Gasteiger partial charge in [0.2, 0.25) is 13.4 Å². The highest BCUT2D eigenvalue weighted by atomic mass is 15.2. The normalized spacial score (nSPS) is 15.8. The zero-order chi connectivity index (χ0) is 36.4. The van der Waals surface area contributed by atoms with E-state index in [-0.39, 0.29) is 13.4 Å². The van der Waals surface area contributed by atoms with Gasteiger partial charge in [-0.15, -0.1) is 0 Å². The second-order valence-electron chi connectivity index (χ2n) is 16.8. The first kappa shape index (κ1) is 31.6. The second-order valence-corrected chi connectivity index (χ2v) is 16.8. The van der Waals surface area contributed by atoms with Gasteiger partial charge in [0, 0.05) is 34.1 Å². The number of rotatable bonds is 4. The molecule has 0 saturated heterocycles. The average Bonchev–Trinajstić information content (AvgIpc) is 3.76. The van der Waals surface area contributed by atoms with Gasteiger partial charge in [0.25, 0.3) is 0 Å². The van der Waals surface area contributed by atoms with Gasteiger partial charge < -0.3 is 9.80 Å². The Hall–Kier alpha value is -5.73. The third kappa shape index (κ3) is 4.46. The molecular weight excluding hydrogens is 662 g/mol. The molecule has 1 saturated carbocycles. The highest BCUT2D eigenvalue weighted by Gasteiger charge is 2.47. The quantitative estimate of drug-likeness (QED) is 0.169. The maximum atomic E-state index is 2.60. The van der Waals surface area contributed by atoms with Crippen molar-refractivity contribution >= 4 is 80.3 Å². The molecule has 4 heteroatoms. The third-order valence-corrected chi connectivity index (χ3v) is 13.6. The molecule has 0 N–H and O–H groups in total. The first-order valence-corrected chi connectivity index (χ1v) is 20.6. The van der Waals surface area contributed by atoms with E-state index in [9.17, 15) is 0 Å². The second kappa shape index (κ2) is 11.9. The molecule has 0 aromatic heterocycles. The Kier molecular flexibility index (Phi) is 6.83. The highest BCUT2D eigenvalue weighted by molar-refractivity contribution is 7.03. The standard InChI is InChI=1S/C51H42B2N2/c1-32(2)34-24-26-42-40(28-34)38-20-12-22-46-50(38)52(42)44-30-49-45(31-48(44)54(46)36-16-8-4-9-17-36)53-43-27-25-35(33-14-6-3-7-15-33)29-41(43)39-21-13-23-47(51(39)53)55(49)37-18-10-5-11-19-37/h4-5,8-13,16-33H,3,6-7,14-15H2,1-2H3. The van der Waals surface area contributed by atoms with Gasteiger partial charge in [-0.05, 0) is 128 Å². The van der Waals surface area contributed by atoms with Crippen LogP contribution in [0.15, 0.2) is 146 Å². The lowest BCUT2D eigenvalue weighted by Gasteiger charge is -2.41. The van der Waals surface area contributed by atoms with Crippen molar-refractivity contribution in [1.29, 1.82) is 0 Å². The van der Waals surface area contributed by atoms with Crippen LogP contribution in [-0.2, 0) is 0 Å². The van der Waals surface area contributed by atoms with E-state index in [1.165, 1.54) is 132 Å². The van der Waals surface area contributed by atoms with Gasteiger partial charge in [-0.2, -0.15) is 0 Å². The fourth-order valence-corrected chi connectivity index (χ4v) is 11.1. The van der Waals surface area contributed by atoms with Crippen LogP contribution < -0.4 is 42.6 Å². The molecule has 7 aromatic rings. The van der Waals surface area contributed by atoms with Crippen LogP contribution in [0.4, 0.5) is 34.1 Å². The van der Waals surface area contributed by atoms with Crippen LogP contribution >= 0.6 is 0 Å². The van der Waals surface area contributed by atoms with Crippen molar-refractivity contribution in [2.24, 2.45) is 0 Å². The van der Waals surface area contributed by atoms with Crippen LogP contribution in [0.1, 0.15) is 68.9 Å². The van der Waals surface area contributed by atoms with E-state index in [0.29, 0.717) is 11.8 Å². The number of anilines is 6. The molecule has 55 heavy (non-hydrogen) atoms. The molecule has 7 aromatic carbocycles. The molecule has 1 fully saturated rings. The van der Waals surface area contributed by atoms with Crippen molar-refractivity contribution in [3.8, 4) is 22.3 Å². The summed E-state index contributed by atoms with van der Waals surface area (Å²) in [4.78, 5) is 5.14. The van der Waals surface area contributed by atoms with E-state index in [1.807, 2.05) is 0 Å². The van der Waals surface area contributed by atoms with Crippen molar-refractivity contribution in [2.45, 2.75) is 57.8 Å². The molecule has 2 nitrogen and oxygen atoms in total. The summed E-state index contributed by atoms with van der Waals surface area (Å²) < 4.78 is 0. The summed E-state index contributed by atoms with van der Waals surface area (Å²) in [5.41, 5.74) is 24.7. The van der Waals surface area contributed by atoms with Crippen LogP contribution in [0.3, 0.4) is 0 Å². The number of hydrogen-bond donors (Lipinski definition) is 0. The van der Waals surface area contributed by atoms with E-state index in [2.05, 4.69) is 169 Å². The summed E-state index contributed by atoms with van der Waals surface area (Å²) in [5, 5.41) is 0. The van der Waals surface area contributed by atoms with Crippen molar-refractivity contribution < 1.29 is 0 Å². The summed E-state index contributed by atoms with van der Waals surface area (Å²) in [7, 11) is 0. The Labute approximate surface area is 325 Å². The maximum absolute atomic E-state index is 2.60. The van der Waals surface area contributed by atoms with Crippen molar-refractivity contribution in [3.05, 3.63) is 157 Å². The summed E-state index contributed by atoms with van der Waals surface area (Å²) in [6.45, 7) is 4.93. The SMILES string of the molecule is CC(C)c1ccc2c(c1)-c1cccc3c1B2c1cc2c(cc1N3c1ccccc1)B1c3ccc(C4CCCCC4)cc3-c3cccc(c31)N2c1ccccc1. The van der Waals surface area contributed by atoms with Gasteiger partial charge in [-0.1, -0.05) is 141 Å². The Balaban J connectivity index is 1.15. The van der Waals surface area contributed by atoms with Gasteiger partial charge in [0.05, 0.1) is 0 Å². The lowest BCUT2D eigenvalue weighted by Crippen LogP contribution is -2.58. The fraction of sp³-hybridized carbons (Fsp3) is 0.176. The first-order valence-electron chi connectivity index (χ1n) is 20.6. The summed E-state index contributed by atoms with van der Waals surface area (Å²) >= 11 is 0. The largest absolute Gasteiger partial charge is 0.312 e. The van der Waals surface area contributed by atoms with Crippen molar-refractivity contribution in [3.63, 3.8) is 0 Å². The minimum absolute atomic E-state index is 0.155. The summed E-state index contributed by atoms with van der Waals surface area (Å²) in [5.74, 6) is 1.14. The highest BCUT2D eigenvalue weighted by Crippen LogP contribution is 2.45. The van der Waals surface area contributed by atoms with Gasteiger partial charge in [0.15, 0.2) is 0 Å². The predicted octanol–water partition coefficient (Wildman–Crippen LogP) is 9.42. The molecule has 4 aliphatic heterocycles. The van der Waals surface area contributed by atoms with E-state index in [1.54, 1.807) is 0 Å². The minimum Gasteiger partial charge on any atom is -0.312 e. The number of para-hydroxylation sites is 2. The molecule has 0 radical (unpaired) electrons. The van der Waals surface area contributed by atoms with Gasteiger partial charge in [0.1, 0.15) is 0 Å². The molecule has 1 aliphatic carbocycles. The first-order chi connectivity index (χ1) is 27.1. The van der Waals surface area contributed by atoms with Crippen LogP contribution in [0.2, 0.25) is 0 Å². The number of fused-ring (bicyclic) bond motifs is 10. The van der Waals surface area contributed by atoms with E-state index >= 15 is 0 Å². The molecule has 5 aliphatic rings. The van der Waals surface area contributed by atoms with Crippen LogP contribution in [0, 0.1) is 0 Å². The number of nitrogens with zero attached hydrogens (tertiary/aromatic N) is 2. The molecule has 12 rings (SSSR count). The van der Waals surface area contributed by atoms with Crippen LogP contribution in [0.25, 0.3) is 22.3 Å². The van der Waals surface area contributed by atoms with Crippen molar-refractivity contribution in [2.75, 3.05) is 9.80 Å². The average molecular weight is 705 g/mol. The Bertz CT molecular complexity index is 2700. The van der Waals surface area contributed by atoms with E-state index < -0.39 is 0 Å². The molecular formula is C51H42B2N2. The number of hydrogen-bond acceptors (Lipinski definition) is 2. The monoisotopic (exact) mass is 704 g/mol. The molecule has 0 bridgehead atoms. The van der Waals surface area contributed by atoms with Gasteiger partial charge in [-0.3, -0.25) is 0 Å². The molecule has 0 unspecified atom stereocenters. The Morgan fingerprint density at radius 1 is 0.455 bits per heavy atom. The van der Waals surface area contributed by atoms with Gasteiger partial charge >= 0.3 is 0 Å². The third-order valence-electron chi connectivity index (χ3n) is 13.6. The predicted molar refractivity (Wildman–Crippen MR) is 236 cm³/mol. The molecule has 0 amide bonds. The number of benzene rings is 7. The van der Waals surface area contributed by atoms with Crippen molar-refractivity contribution in [1.82, 2.24) is 0 Å². The zero-order valence-corrected chi connectivity index (χ0v) is 31.6. The van der Waals surface area contributed by atoms with Crippen LogP contribution in [-0.4, -0.2) is 13.4 Å². The topological polar surface area (TPSA) is 6.48 Å². The minimum atomic E-state index is 0.155.